The number of para-hydroxylation sites is 3. The molecule has 0 aliphatic carbocycles. The zero-order valence-electron chi connectivity index (χ0n) is 44.9. The maximum Gasteiger partial charge on any atom is 0.252 e. The third-order valence-corrected chi connectivity index (χ3v) is 17.0. The molecule has 16 rings (SSSR count). The summed E-state index contributed by atoms with van der Waals surface area (Å²) in [4.78, 5) is 5.29. The van der Waals surface area contributed by atoms with Crippen LogP contribution in [0.25, 0.3) is 94.3 Å². The van der Waals surface area contributed by atoms with Crippen LogP contribution in [0.4, 0.5) is 34.1 Å². The van der Waals surface area contributed by atoms with Gasteiger partial charge in [-0.05, 0) is 103 Å². The Labute approximate surface area is 478 Å². The van der Waals surface area contributed by atoms with Crippen molar-refractivity contribution in [3.63, 3.8) is 0 Å². The van der Waals surface area contributed by atoms with Gasteiger partial charge in [-0.1, -0.05) is 273 Å². The van der Waals surface area contributed by atoms with E-state index in [1.807, 2.05) is 0 Å². The predicted molar refractivity (Wildman–Crippen MR) is 347 cm³/mol. The van der Waals surface area contributed by atoms with E-state index in [4.69, 9.17) is 0 Å². The van der Waals surface area contributed by atoms with Crippen molar-refractivity contribution in [2.24, 2.45) is 0 Å². The Morgan fingerprint density at radius 1 is 0.244 bits per heavy atom. The highest BCUT2D eigenvalue weighted by atomic mass is 15.2. The number of benzene rings is 13. The molecule has 2 aliphatic rings. The molecule has 0 radical (unpaired) electrons. The van der Waals surface area contributed by atoms with Crippen LogP contribution in [0.1, 0.15) is 0 Å². The van der Waals surface area contributed by atoms with Gasteiger partial charge in [0.2, 0.25) is 0 Å². The highest BCUT2D eigenvalue weighted by Crippen LogP contribution is 2.54. The summed E-state index contributed by atoms with van der Waals surface area (Å²) >= 11 is 0. The van der Waals surface area contributed by atoms with Gasteiger partial charge in [0, 0.05) is 55.8 Å². The number of anilines is 6. The highest BCUT2D eigenvalue weighted by molar-refractivity contribution is 7.00. The molecule has 82 heavy (non-hydrogen) atoms. The largest absolute Gasteiger partial charge is 0.310 e. The first-order chi connectivity index (χ1) is 40.7. The molecule has 0 spiro atoms. The number of nitrogens with zero attached hydrogens (tertiary/aromatic N) is 3. The summed E-state index contributed by atoms with van der Waals surface area (Å²) in [6.45, 7) is -0.173. The van der Waals surface area contributed by atoms with Gasteiger partial charge in [0.05, 0.1) is 28.1 Å². The maximum atomic E-state index is 2.68. The molecule has 0 fully saturated rings. The fourth-order valence-corrected chi connectivity index (χ4v) is 13.5. The van der Waals surface area contributed by atoms with Crippen LogP contribution >= 0.6 is 0 Å². The van der Waals surface area contributed by atoms with Gasteiger partial charge in [0.15, 0.2) is 0 Å². The molecule has 0 saturated heterocycles. The lowest BCUT2D eigenvalue weighted by atomic mass is 9.33. The van der Waals surface area contributed by atoms with E-state index in [-0.39, 0.29) is 6.71 Å². The lowest BCUT2D eigenvalue weighted by molar-refractivity contribution is 1.18. The molecule has 0 unspecified atom stereocenters. The van der Waals surface area contributed by atoms with Gasteiger partial charge in [0.1, 0.15) is 0 Å². The average molecular weight is 1040 g/mol. The molecule has 0 atom stereocenters. The van der Waals surface area contributed by atoms with Crippen LogP contribution in [0.3, 0.4) is 0 Å². The first kappa shape index (κ1) is 47.3. The second-order valence-electron chi connectivity index (χ2n) is 21.5. The summed E-state index contributed by atoms with van der Waals surface area (Å²) in [7, 11) is 0. The van der Waals surface area contributed by atoms with Gasteiger partial charge in [-0.15, -0.1) is 0 Å². The van der Waals surface area contributed by atoms with Crippen molar-refractivity contribution in [1.29, 1.82) is 0 Å². The molecule has 0 bridgehead atoms. The smallest absolute Gasteiger partial charge is 0.252 e. The molecule has 3 nitrogen and oxygen atoms in total. The van der Waals surface area contributed by atoms with E-state index in [2.05, 4.69) is 330 Å². The van der Waals surface area contributed by atoms with Gasteiger partial charge in [0.25, 0.3) is 6.71 Å². The van der Waals surface area contributed by atoms with E-state index in [0.717, 1.165) is 89.7 Å². The van der Waals surface area contributed by atoms with Crippen LogP contribution in [0.15, 0.2) is 315 Å². The Balaban J connectivity index is 1.07. The van der Waals surface area contributed by atoms with Crippen LogP contribution in [0.2, 0.25) is 0 Å². The predicted octanol–water partition coefficient (Wildman–Crippen LogP) is 18.9. The van der Waals surface area contributed by atoms with Crippen molar-refractivity contribution in [1.82, 2.24) is 4.57 Å². The molecule has 0 amide bonds. The van der Waals surface area contributed by atoms with E-state index >= 15 is 0 Å². The third kappa shape index (κ3) is 7.60. The topological polar surface area (TPSA) is 11.4 Å². The number of hydrogen-bond acceptors (Lipinski definition) is 2. The summed E-state index contributed by atoms with van der Waals surface area (Å²) in [6.07, 6.45) is 0. The summed E-state index contributed by atoms with van der Waals surface area (Å²) < 4.78 is 2.50. The van der Waals surface area contributed by atoms with Crippen molar-refractivity contribution in [3.8, 4) is 72.4 Å². The van der Waals surface area contributed by atoms with E-state index in [0.29, 0.717) is 0 Å². The first-order valence-electron chi connectivity index (χ1n) is 28.4. The van der Waals surface area contributed by atoms with Crippen LogP contribution < -0.4 is 26.2 Å². The second-order valence-corrected chi connectivity index (χ2v) is 21.5. The summed E-state index contributed by atoms with van der Waals surface area (Å²) in [5.74, 6) is 0. The number of aromatic nitrogens is 1. The molecule has 13 aromatic carbocycles. The van der Waals surface area contributed by atoms with Crippen LogP contribution in [0.5, 0.6) is 0 Å². The standard InChI is InChI=1S/C78H52BN3/c1-7-25-53(26-8-1)59-37-21-38-61(51-59)80-69-44-20-19-39-66(69)74-71(80)50-48-67-78(74)82(77-64(57-33-15-5-16-34-57)42-23-43-65(77)58-35-17-6-18-36-58)73-46-24-45-72-75(73)79(67)68-52-60(54-27-9-2-10-28-54)47-49-70(68)81(72)76-62(55-29-11-3-12-30-55)40-22-41-63(76)56-31-13-4-14-32-56/h1-52H. The third-order valence-electron chi connectivity index (χ3n) is 17.0. The van der Waals surface area contributed by atoms with Crippen molar-refractivity contribution >= 4 is 79.0 Å². The average Bonchev–Trinajstić information content (AvgIpc) is 2.74. The van der Waals surface area contributed by atoms with E-state index in [1.54, 1.807) is 0 Å². The Morgan fingerprint density at radius 2 is 0.671 bits per heavy atom. The monoisotopic (exact) mass is 1040 g/mol. The molecule has 3 heterocycles. The fourth-order valence-electron chi connectivity index (χ4n) is 13.5. The molecule has 0 saturated carbocycles. The molecule has 0 N–H and O–H groups in total. The summed E-state index contributed by atoms with van der Waals surface area (Å²) in [5, 5.41) is 2.41. The normalized spacial score (nSPS) is 12.3. The van der Waals surface area contributed by atoms with E-state index < -0.39 is 0 Å². The Hall–Kier alpha value is -10.7. The molecule has 14 aromatic rings. The minimum atomic E-state index is -0.173. The maximum absolute atomic E-state index is 2.68. The van der Waals surface area contributed by atoms with E-state index in [9.17, 15) is 0 Å². The minimum Gasteiger partial charge on any atom is -0.310 e. The lowest BCUT2D eigenvalue weighted by Gasteiger charge is -2.46. The fraction of sp³-hybridized carbons (Fsp3) is 0. The van der Waals surface area contributed by atoms with Crippen molar-refractivity contribution < 1.29 is 0 Å². The summed E-state index contributed by atoms with van der Waals surface area (Å²) in [6, 6.07) is 117. The lowest BCUT2D eigenvalue weighted by Crippen LogP contribution is -2.61. The SMILES string of the molecule is c1ccc(-c2cccc(-n3c4ccccc4c4c5c(ccc43)B3c4cc(-c6ccccc6)ccc4N(c4c(-c6ccccc6)cccc4-c4ccccc4)c4cccc(c43)N5c3c(-c4ccccc4)cccc3-c3ccccc3)c2)cc1. The van der Waals surface area contributed by atoms with Crippen LogP contribution in [0, 0.1) is 0 Å². The van der Waals surface area contributed by atoms with Gasteiger partial charge in [-0.3, -0.25) is 0 Å². The van der Waals surface area contributed by atoms with E-state index in [1.165, 1.54) is 55.1 Å². The van der Waals surface area contributed by atoms with Gasteiger partial charge in [-0.2, -0.15) is 0 Å². The Kier molecular flexibility index (Phi) is 11.3. The van der Waals surface area contributed by atoms with Crippen molar-refractivity contribution in [2.45, 2.75) is 0 Å². The second kappa shape index (κ2) is 19.6. The molecular formula is C78H52BN3. The first-order valence-corrected chi connectivity index (χ1v) is 28.4. The van der Waals surface area contributed by atoms with Crippen molar-refractivity contribution in [3.05, 3.63) is 315 Å². The molecule has 4 heteroatoms. The van der Waals surface area contributed by atoms with Crippen molar-refractivity contribution in [2.75, 3.05) is 9.80 Å². The Morgan fingerprint density at radius 3 is 1.21 bits per heavy atom. The summed E-state index contributed by atoms with van der Waals surface area (Å²) in [5.41, 5.74) is 28.1. The zero-order chi connectivity index (χ0) is 54.1. The number of rotatable bonds is 9. The van der Waals surface area contributed by atoms with Crippen LogP contribution in [-0.4, -0.2) is 11.3 Å². The molecular weight excluding hydrogens is 990 g/mol. The number of fused-ring (bicyclic) bond motifs is 8. The molecule has 382 valence electrons. The highest BCUT2D eigenvalue weighted by Gasteiger charge is 2.46. The Bertz CT molecular complexity index is 4620. The molecule has 1 aromatic heterocycles. The number of hydrogen-bond donors (Lipinski definition) is 0. The quantitative estimate of drug-likeness (QED) is 0.134. The van der Waals surface area contributed by atoms with Crippen LogP contribution in [-0.2, 0) is 0 Å². The minimum absolute atomic E-state index is 0.173. The van der Waals surface area contributed by atoms with Gasteiger partial charge in [-0.25, -0.2) is 0 Å². The van der Waals surface area contributed by atoms with Gasteiger partial charge < -0.3 is 14.4 Å². The zero-order valence-corrected chi connectivity index (χ0v) is 44.9. The van der Waals surface area contributed by atoms with Gasteiger partial charge >= 0.3 is 0 Å². The molecule has 2 aliphatic heterocycles.